The van der Waals surface area contributed by atoms with Gasteiger partial charge in [-0.25, -0.2) is 18.4 Å². The molecule has 0 radical (unpaired) electrons. The van der Waals surface area contributed by atoms with E-state index < -0.39 is 29.5 Å². The van der Waals surface area contributed by atoms with Crippen LogP contribution in [0.1, 0.15) is 29.7 Å². The largest absolute Gasteiger partial charge is 0.573 e. The van der Waals surface area contributed by atoms with Crippen LogP contribution >= 0.6 is 0 Å². The van der Waals surface area contributed by atoms with Gasteiger partial charge in [-0.3, -0.25) is 0 Å². The molecule has 0 aliphatic carbocycles. The first-order valence-electron chi connectivity index (χ1n) is 12.5. The molecule has 2 heterocycles. The molecule has 3 aromatic carbocycles. The summed E-state index contributed by atoms with van der Waals surface area (Å²) in [4.78, 5) is 3.86. The van der Waals surface area contributed by atoms with Gasteiger partial charge in [0.25, 0.3) is 0 Å². The van der Waals surface area contributed by atoms with Crippen LogP contribution in [0.2, 0.25) is 0 Å². The molecule has 0 amide bonds. The third kappa shape index (κ3) is 6.57. The number of hydrogen-bond donors (Lipinski definition) is 1. The smallest absolute Gasteiger partial charge is 0.489 e. The molecule has 2 aromatic heterocycles. The predicted molar refractivity (Wildman–Crippen MR) is 138 cm³/mol. The van der Waals surface area contributed by atoms with E-state index in [1.165, 1.54) is 47.7 Å². The number of hydrogen-bond acceptors (Lipinski definition) is 7. The molecule has 5 aromatic rings. The van der Waals surface area contributed by atoms with E-state index in [4.69, 9.17) is 9.26 Å². The lowest BCUT2D eigenvalue weighted by atomic mass is 9.80. The fraction of sp³-hybridized carbons (Fsp3) is 0.207. The summed E-state index contributed by atoms with van der Waals surface area (Å²) in [6.07, 6.45) is -2.12. The van der Waals surface area contributed by atoms with Crippen LogP contribution in [0.25, 0.3) is 11.3 Å². The van der Waals surface area contributed by atoms with Crippen LogP contribution in [0, 0.1) is 11.6 Å². The van der Waals surface area contributed by atoms with Crippen molar-refractivity contribution in [2.24, 2.45) is 0 Å². The molecule has 0 aliphatic heterocycles. The first kappa shape index (κ1) is 28.7. The van der Waals surface area contributed by atoms with Crippen LogP contribution in [-0.2, 0) is 18.8 Å². The van der Waals surface area contributed by atoms with Crippen LogP contribution < -0.4 is 9.47 Å². The Kier molecular flexibility index (Phi) is 7.94. The molecule has 1 N–H and O–H groups in total. The second-order valence-electron chi connectivity index (χ2n) is 9.48. The van der Waals surface area contributed by atoms with Crippen molar-refractivity contribution in [2.45, 2.75) is 38.0 Å². The van der Waals surface area contributed by atoms with E-state index in [2.05, 4.69) is 20.0 Å². The normalized spacial score (nSPS) is 13.9. The van der Waals surface area contributed by atoms with E-state index in [9.17, 15) is 27.1 Å². The monoisotopic (exact) mass is 586 g/mol. The second kappa shape index (κ2) is 11.6. The van der Waals surface area contributed by atoms with Gasteiger partial charge in [0.2, 0.25) is 0 Å². The molecule has 0 aliphatic rings. The molecule has 218 valence electrons. The maximum atomic E-state index is 14.9. The highest BCUT2D eigenvalue weighted by Gasteiger charge is 2.42. The second-order valence-corrected chi connectivity index (χ2v) is 9.48. The molecule has 0 unspecified atom stereocenters. The molecule has 8 nitrogen and oxygen atoms in total. The Labute approximate surface area is 235 Å². The van der Waals surface area contributed by atoms with Gasteiger partial charge in [-0.05, 0) is 48.0 Å². The minimum absolute atomic E-state index is 0.113. The zero-order valence-electron chi connectivity index (χ0n) is 21.9. The number of rotatable bonds is 10. The molecule has 0 saturated carbocycles. The van der Waals surface area contributed by atoms with Crippen LogP contribution in [0.3, 0.4) is 0 Å². The van der Waals surface area contributed by atoms with E-state index in [-0.39, 0.29) is 30.2 Å². The van der Waals surface area contributed by atoms with E-state index >= 15 is 0 Å². The number of aromatic nitrogens is 4. The summed E-state index contributed by atoms with van der Waals surface area (Å²) in [7, 11) is 0. The molecule has 0 saturated heterocycles. The summed E-state index contributed by atoms with van der Waals surface area (Å²) < 4.78 is 81.9. The average molecular weight is 587 g/mol. The lowest BCUT2D eigenvalue weighted by Gasteiger charge is -2.33. The van der Waals surface area contributed by atoms with E-state index in [0.29, 0.717) is 28.6 Å². The topological polar surface area (TPSA) is 95.4 Å². The van der Waals surface area contributed by atoms with E-state index in [1.807, 2.05) is 0 Å². The summed E-state index contributed by atoms with van der Waals surface area (Å²) in [5.41, 5.74) is -0.317. The van der Waals surface area contributed by atoms with Gasteiger partial charge in [0.05, 0.1) is 12.5 Å². The number of benzene rings is 3. The zero-order chi connectivity index (χ0) is 29.9. The first-order chi connectivity index (χ1) is 20.0. The van der Waals surface area contributed by atoms with Gasteiger partial charge in [0.15, 0.2) is 0 Å². The summed E-state index contributed by atoms with van der Waals surface area (Å²) in [6, 6.07) is 16.7. The highest BCUT2D eigenvalue weighted by atomic mass is 19.4. The summed E-state index contributed by atoms with van der Waals surface area (Å²) in [6.45, 7) is 1.54. The standard InChI is InChI=1S/C29H23F5N4O4/c1-18(28(39,15-38-17-35-16-36-38)24-11-6-21(30)12-25(24)31)27-13-26(37-42-27)20-4-9-22(10-5-20)40-14-19-2-7-23(8-3-19)41-29(32,33)34/h2-13,16-18,39H,14-15H2,1H3/t18-,28+/m0/s1. The number of alkyl halides is 3. The molecule has 0 spiro atoms. The van der Waals surface area contributed by atoms with Crippen molar-refractivity contribution in [3.05, 3.63) is 114 Å². The quantitative estimate of drug-likeness (QED) is 0.190. The SMILES string of the molecule is C[C@@H](c1cc(-c2ccc(OCc3ccc(OC(F)(F)F)cc3)cc2)no1)[C@](O)(Cn1cncn1)c1ccc(F)cc1F. The van der Waals surface area contributed by atoms with Crippen molar-refractivity contribution in [1.82, 2.24) is 19.9 Å². The van der Waals surface area contributed by atoms with Gasteiger partial charge in [-0.1, -0.05) is 30.3 Å². The van der Waals surface area contributed by atoms with Crippen molar-refractivity contribution in [2.75, 3.05) is 0 Å². The van der Waals surface area contributed by atoms with Gasteiger partial charge in [0.1, 0.15) is 59.5 Å². The Balaban J connectivity index is 1.29. The fourth-order valence-corrected chi connectivity index (χ4v) is 4.40. The maximum Gasteiger partial charge on any atom is 0.573 e. The fourth-order valence-electron chi connectivity index (χ4n) is 4.40. The van der Waals surface area contributed by atoms with Crippen molar-refractivity contribution < 1.29 is 41.1 Å². The number of ether oxygens (including phenoxy) is 2. The molecule has 2 atom stereocenters. The summed E-state index contributed by atoms with van der Waals surface area (Å²) in [5, 5.41) is 19.9. The Morgan fingerprint density at radius 3 is 2.31 bits per heavy atom. The maximum absolute atomic E-state index is 14.9. The minimum Gasteiger partial charge on any atom is -0.489 e. The van der Waals surface area contributed by atoms with Gasteiger partial charge < -0.3 is 19.1 Å². The first-order valence-corrected chi connectivity index (χ1v) is 12.5. The van der Waals surface area contributed by atoms with Crippen molar-refractivity contribution in [1.29, 1.82) is 0 Å². The summed E-state index contributed by atoms with van der Waals surface area (Å²) >= 11 is 0. The van der Waals surface area contributed by atoms with Crippen molar-refractivity contribution >= 4 is 0 Å². The highest BCUT2D eigenvalue weighted by Crippen LogP contribution is 2.40. The summed E-state index contributed by atoms with van der Waals surface area (Å²) in [5.74, 6) is -2.13. The third-order valence-corrected chi connectivity index (χ3v) is 6.65. The molecule has 5 rings (SSSR count). The molecule has 0 fully saturated rings. The van der Waals surface area contributed by atoms with Gasteiger partial charge in [-0.15, -0.1) is 13.2 Å². The van der Waals surface area contributed by atoms with Crippen LogP contribution in [0.4, 0.5) is 22.0 Å². The third-order valence-electron chi connectivity index (χ3n) is 6.65. The lowest BCUT2D eigenvalue weighted by molar-refractivity contribution is -0.274. The Morgan fingerprint density at radius 1 is 0.952 bits per heavy atom. The van der Waals surface area contributed by atoms with Crippen molar-refractivity contribution in [3.63, 3.8) is 0 Å². The van der Waals surface area contributed by atoms with Crippen LogP contribution in [-0.4, -0.2) is 31.4 Å². The van der Waals surface area contributed by atoms with Crippen LogP contribution in [0.5, 0.6) is 11.5 Å². The average Bonchev–Trinajstić information content (AvgIpc) is 3.64. The number of aliphatic hydroxyl groups is 1. The lowest BCUT2D eigenvalue weighted by Crippen LogP contribution is -2.38. The predicted octanol–water partition coefficient (Wildman–Crippen LogP) is 6.38. The van der Waals surface area contributed by atoms with Crippen molar-refractivity contribution in [3.8, 4) is 22.8 Å². The number of nitrogens with zero attached hydrogens (tertiary/aromatic N) is 4. The van der Waals surface area contributed by atoms with Gasteiger partial charge in [-0.2, -0.15) is 5.10 Å². The zero-order valence-corrected chi connectivity index (χ0v) is 21.9. The minimum atomic E-state index is -4.76. The number of halogens is 5. The van der Waals surface area contributed by atoms with E-state index in [1.54, 1.807) is 37.3 Å². The Bertz CT molecular complexity index is 1620. The Morgan fingerprint density at radius 2 is 1.67 bits per heavy atom. The molecular weight excluding hydrogens is 563 g/mol. The molecule has 0 bridgehead atoms. The van der Waals surface area contributed by atoms with Crippen LogP contribution in [0.15, 0.2) is 90.0 Å². The molecule has 13 heteroatoms. The van der Waals surface area contributed by atoms with Gasteiger partial charge in [0, 0.05) is 23.3 Å². The molecule has 42 heavy (non-hydrogen) atoms. The van der Waals surface area contributed by atoms with Gasteiger partial charge >= 0.3 is 6.36 Å². The molecular formula is C29H23F5N4O4. The highest BCUT2D eigenvalue weighted by molar-refractivity contribution is 5.60. The Hall–Kier alpha value is -4.78. The van der Waals surface area contributed by atoms with E-state index in [0.717, 1.165) is 6.07 Å².